The molecule has 0 amide bonds. The molecule has 0 spiro atoms. The number of fused-ring (bicyclic) bond motifs is 1. The van der Waals surface area contributed by atoms with Gasteiger partial charge in [-0.3, -0.25) is 9.59 Å². The summed E-state index contributed by atoms with van der Waals surface area (Å²) in [5.41, 5.74) is -1.45. The molecule has 0 bridgehead atoms. The van der Waals surface area contributed by atoms with E-state index in [9.17, 15) is 33.1 Å². The molecule has 0 unspecified atom stereocenters. The van der Waals surface area contributed by atoms with Gasteiger partial charge >= 0.3 is 24.2 Å². The van der Waals surface area contributed by atoms with Crippen LogP contribution >= 0.6 is 11.8 Å². The quantitative estimate of drug-likeness (QED) is 0.183. The van der Waals surface area contributed by atoms with Crippen LogP contribution in [-0.4, -0.2) is 68.0 Å². The van der Waals surface area contributed by atoms with Gasteiger partial charge < -0.3 is 33.5 Å². The number of carbonyl (C=O) groups is 4. The molecule has 3 rings (SSSR count). The monoisotopic (exact) mass is 562 g/mol. The summed E-state index contributed by atoms with van der Waals surface area (Å²) in [7, 11) is 0. The van der Waals surface area contributed by atoms with Crippen molar-refractivity contribution in [3.63, 3.8) is 0 Å². The number of rotatable bonds is 11. The Morgan fingerprint density at radius 3 is 2.11 bits per heavy atom. The maximum atomic E-state index is 13.6. The van der Waals surface area contributed by atoms with E-state index in [1.165, 1.54) is 13.0 Å². The first-order valence-corrected chi connectivity index (χ1v) is 12.7. The minimum Gasteiger partial charge on any atom is -0.435 e. The zero-order valence-electron chi connectivity index (χ0n) is 20.8. The lowest BCUT2D eigenvalue weighted by Crippen LogP contribution is -2.44. The van der Waals surface area contributed by atoms with Crippen LogP contribution in [0, 0.1) is 40.7 Å². The summed E-state index contributed by atoms with van der Waals surface area (Å²) in [6.45, 7) is 3.28. The highest BCUT2D eigenvalue weighted by atomic mass is 32.2. The van der Waals surface area contributed by atoms with Crippen LogP contribution in [-0.2, 0) is 38.0 Å². The van der Waals surface area contributed by atoms with Crippen LogP contribution in [0.3, 0.4) is 0 Å². The van der Waals surface area contributed by atoms with Crippen molar-refractivity contribution in [2.75, 3.05) is 32.6 Å². The van der Waals surface area contributed by atoms with Crippen LogP contribution in [0.2, 0.25) is 0 Å². The molecule has 38 heavy (non-hydrogen) atoms. The average molecular weight is 563 g/mol. The fourth-order valence-electron chi connectivity index (χ4n) is 4.86. The molecule has 2 aliphatic rings. The third-order valence-corrected chi connectivity index (χ3v) is 7.76. The second kappa shape index (κ2) is 12.6. The summed E-state index contributed by atoms with van der Waals surface area (Å²) in [4.78, 5) is 49.0. The first kappa shape index (κ1) is 29.4. The van der Waals surface area contributed by atoms with Crippen LogP contribution in [0.4, 0.5) is 18.4 Å². The Hall–Kier alpha value is -3.13. The average Bonchev–Trinajstić information content (AvgIpc) is 3.58. The molecule has 0 saturated heterocycles. The van der Waals surface area contributed by atoms with Crippen molar-refractivity contribution in [3.05, 3.63) is 29.8 Å². The van der Waals surface area contributed by atoms with Gasteiger partial charge in [0.25, 0.3) is 0 Å². The zero-order valence-corrected chi connectivity index (χ0v) is 21.7. The number of hydrogen-bond acceptors (Lipinski definition) is 12. The summed E-state index contributed by atoms with van der Waals surface area (Å²) >= 11 is 1.09. The number of benzene rings is 1. The van der Waals surface area contributed by atoms with E-state index >= 15 is 0 Å². The standard InChI is InChI=1S/C24H28F2O11S/c1-4-32-22(30)36-10-34-20(28)17-16-18(17)24(3,21(29)35-11-37-23(31)33-5-2)13(19(16)27)9-38-12-6-7-14(25)15(26)8-12/h6-8,13,16-19,27H,4-5,9-11H2,1-3H3/t13-,16+,17+,18+,19-,24-/m1/s1. The maximum absolute atomic E-state index is 13.6. The fraction of sp³-hybridized carbons (Fsp3) is 0.583. The van der Waals surface area contributed by atoms with Gasteiger partial charge in [-0.25, -0.2) is 18.4 Å². The van der Waals surface area contributed by atoms with E-state index in [0.29, 0.717) is 4.90 Å². The summed E-state index contributed by atoms with van der Waals surface area (Å²) in [6, 6.07) is 3.32. The molecule has 0 radical (unpaired) electrons. The molecule has 1 aromatic rings. The molecule has 0 aromatic heterocycles. The van der Waals surface area contributed by atoms with E-state index in [4.69, 9.17) is 14.2 Å². The van der Waals surface area contributed by atoms with Gasteiger partial charge in [-0.15, -0.1) is 11.8 Å². The van der Waals surface area contributed by atoms with E-state index in [-0.39, 0.29) is 19.0 Å². The summed E-state index contributed by atoms with van der Waals surface area (Å²) in [5.74, 6) is -6.66. The second-order valence-corrected chi connectivity index (χ2v) is 9.77. The van der Waals surface area contributed by atoms with E-state index < -0.39 is 84.7 Å². The number of hydrogen-bond donors (Lipinski definition) is 1. The second-order valence-electron chi connectivity index (χ2n) is 8.68. The lowest BCUT2D eigenvalue weighted by Gasteiger charge is -2.34. The van der Waals surface area contributed by atoms with Gasteiger partial charge in [-0.05, 0) is 44.9 Å². The molecule has 0 aliphatic heterocycles. The number of carbonyl (C=O) groups excluding carboxylic acids is 4. The first-order chi connectivity index (χ1) is 18.1. The minimum absolute atomic E-state index is 0.0490. The smallest absolute Gasteiger partial charge is 0.435 e. The van der Waals surface area contributed by atoms with Gasteiger partial charge in [-0.2, -0.15) is 0 Å². The molecule has 2 saturated carbocycles. The van der Waals surface area contributed by atoms with Crippen molar-refractivity contribution in [1.29, 1.82) is 0 Å². The Kier molecular flexibility index (Phi) is 9.77. The molecule has 0 heterocycles. The third-order valence-electron chi connectivity index (χ3n) is 6.65. The molecule has 1 N–H and O–H groups in total. The SMILES string of the molecule is CCOC(=O)OCOC(=O)[C@H]1[C@@H]2[C@H](O)[C@@H](CSc3ccc(F)c(F)c3)[C@@](C)(C(=O)OCOC(=O)OCC)[C@H]12. The lowest BCUT2D eigenvalue weighted by atomic mass is 9.74. The molecule has 210 valence electrons. The number of aliphatic hydroxyl groups is 1. The summed E-state index contributed by atoms with van der Waals surface area (Å²) in [5, 5.41) is 11.1. The van der Waals surface area contributed by atoms with Crippen LogP contribution in [0.15, 0.2) is 23.1 Å². The van der Waals surface area contributed by atoms with Crippen LogP contribution in [0.5, 0.6) is 0 Å². The predicted molar refractivity (Wildman–Crippen MR) is 123 cm³/mol. The Morgan fingerprint density at radius 2 is 1.53 bits per heavy atom. The normalized spacial score (nSPS) is 27.1. The highest BCUT2D eigenvalue weighted by Crippen LogP contribution is 2.69. The van der Waals surface area contributed by atoms with Crippen molar-refractivity contribution < 1.29 is 61.5 Å². The summed E-state index contributed by atoms with van der Waals surface area (Å²) in [6.07, 6.45) is -3.24. The molecule has 6 atom stereocenters. The molecule has 14 heteroatoms. The van der Waals surface area contributed by atoms with Crippen molar-refractivity contribution in [3.8, 4) is 0 Å². The zero-order chi connectivity index (χ0) is 28.0. The van der Waals surface area contributed by atoms with Crippen LogP contribution in [0.25, 0.3) is 0 Å². The Balaban J connectivity index is 1.71. The largest absolute Gasteiger partial charge is 0.511 e. The van der Waals surface area contributed by atoms with Gasteiger partial charge in [0.05, 0.1) is 30.7 Å². The van der Waals surface area contributed by atoms with Gasteiger partial charge in [-0.1, -0.05) is 0 Å². The third kappa shape index (κ3) is 6.29. The topological polar surface area (TPSA) is 144 Å². The Labute approximate surface area is 221 Å². The minimum atomic E-state index is -1.45. The molecular weight excluding hydrogens is 534 g/mol. The molecule has 11 nitrogen and oxygen atoms in total. The van der Waals surface area contributed by atoms with Crippen molar-refractivity contribution >= 4 is 36.0 Å². The van der Waals surface area contributed by atoms with E-state index in [2.05, 4.69) is 14.2 Å². The maximum Gasteiger partial charge on any atom is 0.511 e. The molecule has 1 aromatic carbocycles. The summed E-state index contributed by atoms with van der Waals surface area (Å²) < 4.78 is 55.6. The Bertz CT molecular complexity index is 1050. The van der Waals surface area contributed by atoms with Crippen molar-refractivity contribution in [2.24, 2.45) is 29.1 Å². The van der Waals surface area contributed by atoms with Gasteiger partial charge in [0.15, 0.2) is 11.6 Å². The highest BCUT2D eigenvalue weighted by Gasteiger charge is 2.77. The molecular formula is C24H28F2O11S. The van der Waals surface area contributed by atoms with Crippen LogP contribution < -0.4 is 0 Å². The number of ether oxygens (including phenoxy) is 6. The fourth-order valence-corrected chi connectivity index (χ4v) is 6.12. The van der Waals surface area contributed by atoms with E-state index in [1.807, 2.05) is 0 Å². The van der Waals surface area contributed by atoms with E-state index in [1.54, 1.807) is 13.8 Å². The van der Waals surface area contributed by atoms with Gasteiger partial charge in [0, 0.05) is 22.5 Å². The van der Waals surface area contributed by atoms with Gasteiger partial charge in [0.2, 0.25) is 13.6 Å². The number of aliphatic hydroxyl groups excluding tert-OH is 1. The highest BCUT2D eigenvalue weighted by molar-refractivity contribution is 7.99. The predicted octanol–water partition coefficient (Wildman–Crippen LogP) is 3.26. The Morgan fingerprint density at radius 1 is 0.921 bits per heavy atom. The van der Waals surface area contributed by atoms with Crippen molar-refractivity contribution in [1.82, 2.24) is 0 Å². The lowest BCUT2D eigenvalue weighted by molar-refractivity contribution is -0.171. The van der Waals surface area contributed by atoms with Crippen LogP contribution in [0.1, 0.15) is 20.8 Å². The number of halogens is 2. The van der Waals surface area contributed by atoms with E-state index in [0.717, 1.165) is 23.9 Å². The molecule has 2 aliphatic carbocycles. The van der Waals surface area contributed by atoms with Gasteiger partial charge in [0.1, 0.15) is 0 Å². The number of thioether (sulfide) groups is 1. The first-order valence-electron chi connectivity index (χ1n) is 11.7. The van der Waals surface area contributed by atoms with Crippen molar-refractivity contribution in [2.45, 2.75) is 31.8 Å². The molecule has 2 fully saturated rings. The number of esters is 2.